The van der Waals surface area contributed by atoms with Gasteiger partial charge in [-0.1, -0.05) is 143 Å². The van der Waals surface area contributed by atoms with Gasteiger partial charge in [0, 0.05) is 75.6 Å². The van der Waals surface area contributed by atoms with Gasteiger partial charge >= 0.3 is 0 Å². The second-order valence-corrected chi connectivity index (χ2v) is 35.8. The normalized spacial score (nSPS) is 43.0. The zero-order valence-electron chi connectivity index (χ0n) is 63.4. The third-order valence-corrected chi connectivity index (χ3v) is 31.7. The Morgan fingerprint density at radius 3 is 1.02 bits per heavy atom. The fourth-order valence-electron chi connectivity index (χ4n) is 26.3. The minimum Gasteiger partial charge on any atom is -0.392 e. The van der Waals surface area contributed by atoms with E-state index >= 15 is 0 Å². The average Bonchev–Trinajstić information content (AvgIpc) is 1.15. The molecule has 0 aliphatic heterocycles. The van der Waals surface area contributed by atoms with Gasteiger partial charge in [-0.2, -0.15) is 0 Å². The Balaban J connectivity index is 0.000000125. The van der Waals surface area contributed by atoms with Gasteiger partial charge in [0.1, 0.15) is 23.1 Å². The maximum absolute atomic E-state index is 12.6. The molecule has 540 valence electrons. The number of fused-ring (bicyclic) bond motifs is 20. The third-order valence-electron chi connectivity index (χ3n) is 31.7. The summed E-state index contributed by atoms with van der Waals surface area (Å²) in [5.74, 6) is 8.23. The predicted octanol–water partition coefficient (Wildman–Crippen LogP) is 18.7. The van der Waals surface area contributed by atoms with Crippen molar-refractivity contribution < 1.29 is 48.2 Å². The number of hydrogen-bond donors (Lipinski definition) is 1. The molecule has 12 saturated carbocycles. The van der Waals surface area contributed by atoms with Gasteiger partial charge in [-0.05, 0) is 276 Å². The van der Waals surface area contributed by atoms with Crippen LogP contribution in [-0.4, -0.2) is 71.2 Å². The number of allylic oxidation sites excluding steroid dienone is 17. The molecule has 10 nitrogen and oxygen atoms in total. The molecule has 1 N–H and O–H groups in total. The van der Waals surface area contributed by atoms with Crippen molar-refractivity contribution in [2.45, 2.75) is 244 Å². The molecule has 0 aromatic carbocycles. The number of hydrogen-bond acceptors (Lipinski definition) is 10. The number of carbonyl (C=O) groups excluding carboxylic acids is 8. The number of aliphatic hydroxyl groups excluding tert-OH is 1. The second kappa shape index (κ2) is 27.2. The maximum atomic E-state index is 12.6. The lowest BCUT2D eigenvalue weighted by Crippen LogP contribution is -2.52. The fraction of sp³-hybridized carbons (Fsp3) is 0.667. The number of ketones is 8. The SMILES string of the molecule is C=C1C[C@@H]2[C@H](CC[C@]3(C)C(=O)CC[C@@H]23)[C@@]2(C)C(CC)=CC(=O)C=C12.C=C1C[C@@H]2[C@H](CC[C@]3(C)C(=O)CC[C@@H]23)[C@@]2(C)C(CO)=CC(=O)C=C12.C=C1C[C@@H]2[C@H](CC[C@]3(C)C(=O)CC[C@@H]23)[C@@]2(C)C(COCC)=CC(=O)C=C12.CCC.CCC1=CC(=O)C=C2CC[C@@H]3[C@H](CC[C@]4(C)C(=O)CC[C@@H]34)[C@@]12C. The van der Waals surface area contributed by atoms with Crippen molar-refractivity contribution in [3.05, 3.63) is 130 Å². The highest BCUT2D eigenvalue weighted by molar-refractivity contribution is 6.05. The first-order valence-electron chi connectivity index (χ1n) is 39.5. The maximum Gasteiger partial charge on any atom is 0.179 e. The molecule has 0 unspecified atom stereocenters. The fourth-order valence-corrected chi connectivity index (χ4v) is 26.3. The van der Waals surface area contributed by atoms with Gasteiger partial charge in [0.05, 0.1) is 13.2 Å². The van der Waals surface area contributed by atoms with Crippen molar-refractivity contribution >= 4 is 46.3 Å². The summed E-state index contributed by atoms with van der Waals surface area (Å²) in [5.41, 5.74) is 11.5. The topological polar surface area (TPSA) is 166 Å². The number of Topliss-reactive ketones (excluding diaryl/α,β-unsaturated/α-hetero) is 4. The Bertz CT molecular complexity index is 3650. The molecule has 100 heavy (non-hydrogen) atoms. The summed E-state index contributed by atoms with van der Waals surface area (Å²) in [5, 5.41) is 9.94. The number of carbonyl (C=O) groups is 8. The molecule has 10 heteroatoms. The summed E-state index contributed by atoms with van der Waals surface area (Å²) in [4.78, 5) is 98.7. The van der Waals surface area contributed by atoms with Crippen molar-refractivity contribution in [2.75, 3.05) is 19.8 Å². The van der Waals surface area contributed by atoms with Crippen molar-refractivity contribution in [1.82, 2.24) is 0 Å². The standard InChI is InChI=1S/C23H30O3.C22H28O2.C21H26O3.C21H28O2.C3H8/c1-5-26-13-15-11-16(24)12-20-14(2)10-17-18-6-7-21(25)22(18,3)9-8-19(17)23(15,20)4;1-5-14-11-15(23)12-19-13(2)10-16-17-6-7-20(24)21(17,3)9-8-18(16)22(14,19)4;1-12-8-15-16-4-5-19(24)20(16,2)7-6-17(15)21(3)13(11-22)9-14(23)10-18(12)21;1-4-13-11-15(22)12-14-5-6-16-17-7-8-19(23)20(17,2)10-9-18(16)21(13,14)3;1-3-2/h11-12,17-19H,2,5-10,13H2,1,3-4H3;11-12,16-18H,2,5-10H2,1,3-4H3;9-10,15-17,22H,1,4-8,11H2,2-3H3;11-12,16-18H,4-10H2,1-3H3;3H2,1-2H3/t17-,18-,19-,22-,23+;16-,17-,18-,21-,22+;15-,16-,17-,20-,21+;16-,17-,18-,20-,21-;/m0000./s1. The lowest BCUT2D eigenvalue weighted by molar-refractivity contribution is -0.132. The Kier molecular flexibility index (Phi) is 20.1. The van der Waals surface area contributed by atoms with Crippen LogP contribution >= 0.6 is 0 Å². The molecule has 0 aromatic heterocycles. The minimum absolute atomic E-state index is 0.0391. The zero-order chi connectivity index (χ0) is 72.4. The number of ether oxygens (including phenoxy) is 1. The van der Waals surface area contributed by atoms with Crippen molar-refractivity contribution in [3.63, 3.8) is 0 Å². The molecule has 0 radical (unpaired) electrons. The monoisotopic (exact) mass is 1360 g/mol. The summed E-state index contributed by atoms with van der Waals surface area (Å²) in [6, 6.07) is 0. The van der Waals surface area contributed by atoms with E-state index in [1.807, 2.05) is 37.3 Å². The van der Waals surface area contributed by atoms with Gasteiger partial charge in [-0.3, -0.25) is 38.4 Å². The number of aliphatic hydroxyl groups is 1. The molecule has 16 aliphatic carbocycles. The van der Waals surface area contributed by atoms with Crippen LogP contribution in [0.25, 0.3) is 0 Å². The van der Waals surface area contributed by atoms with Crippen LogP contribution in [0.1, 0.15) is 244 Å². The molecule has 16 rings (SSSR count). The highest BCUT2D eigenvalue weighted by Crippen LogP contribution is 2.71. The highest BCUT2D eigenvalue weighted by Gasteiger charge is 2.65. The minimum atomic E-state index is -0.310. The van der Waals surface area contributed by atoms with E-state index in [1.165, 1.54) is 35.1 Å². The molecule has 0 aromatic rings. The molecular weight excluding hydrogens is 1240 g/mol. The van der Waals surface area contributed by atoms with Crippen LogP contribution in [0.3, 0.4) is 0 Å². The van der Waals surface area contributed by atoms with Gasteiger partial charge in [0.2, 0.25) is 0 Å². The first kappa shape index (κ1) is 74.1. The van der Waals surface area contributed by atoms with Crippen molar-refractivity contribution in [1.29, 1.82) is 0 Å². The van der Waals surface area contributed by atoms with Crippen LogP contribution < -0.4 is 0 Å². The van der Waals surface area contributed by atoms with E-state index in [0.29, 0.717) is 114 Å². The number of rotatable bonds is 6. The van der Waals surface area contributed by atoms with Crippen LogP contribution in [0.4, 0.5) is 0 Å². The van der Waals surface area contributed by atoms with E-state index in [9.17, 15) is 43.5 Å². The highest BCUT2D eigenvalue weighted by atomic mass is 16.5. The average molecular weight is 1360 g/mol. The Hall–Kier alpha value is -5.58. The molecule has 0 spiro atoms. The molecule has 12 fully saturated rings. The van der Waals surface area contributed by atoms with E-state index < -0.39 is 0 Å². The molecule has 20 atom stereocenters. The van der Waals surface area contributed by atoms with Crippen LogP contribution in [0.15, 0.2) is 130 Å². The van der Waals surface area contributed by atoms with E-state index in [0.717, 1.165) is 174 Å². The lowest BCUT2D eigenvalue weighted by atomic mass is 9.46. The van der Waals surface area contributed by atoms with Gasteiger partial charge in [0.25, 0.3) is 0 Å². The predicted molar refractivity (Wildman–Crippen MR) is 396 cm³/mol. The first-order chi connectivity index (χ1) is 47.3. The van der Waals surface area contributed by atoms with E-state index in [2.05, 4.69) is 103 Å². The summed E-state index contributed by atoms with van der Waals surface area (Å²) >= 11 is 0. The van der Waals surface area contributed by atoms with Gasteiger partial charge in [-0.15, -0.1) is 0 Å². The van der Waals surface area contributed by atoms with Crippen LogP contribution in [0.2, 0.25) is 0 Å². The molecule has 0 saturated heterocycles. The van der Waals surface area contributed by atoms with Gasteiger partial charge in [0.15, 0.2) is 23.1 Å². The van der Waals surface area contributed by atoms with E-state index in [-0.39, 0.29) is 73.1 Å². The van der Waals surface area contributed by atoms with Crippen LogP contribution in [0.5, 0.6) is 0 Å². The molecule has 0 bridgehead atoms. The van der Waals surface area contributed by atoms with Gasteiger partial charge in [-0.25, -0.2) is 0 Å². The van der Waals surface area contributed by atoms with Crippen LogP contribution in [-0.2, 0) is 43.1 Å². The Labute approximate surface area is 599 Å². The molecule has 0 heterocycles. The van der Waals surface area contributed by atoms with Crippen LogP contribution in [0, 0.1) is 114 Å². The summed E-state index contributed by atoms with van der Waals surface area (Å²) in [6.45, 7) is 42.6. The summed E-state index contributed by atoms with van der Waals surface area (Å²) in [7, 11) is 0. The van der Waals surface area contributed by atoms with Gasteiger partial charge < -0.3 is 9.84 Å². The van der Waals surface area contributed by atoms with Crippen molar-refractivity contribution in [2.24, 2.45) is 114 Å². The smallest absolute Gasteiger partial charge is 0.179 e. The Morgan fingerprint density at radius 2 is 0.670 bits per heavy atom. The molecule has 0 amide bonds. The van der Waals surface area contributed by atoms with Crippen molar-refractivity contribution in [3.8, 4) is 0 Å². The quantitative estimate of drug-likeness (QED) is 0.270. The summed E-state index contributed by atoms with van der Waals surface area (Å²) < 4.78 is 5.74. The van der Waals surface area contributed by atoms with E-state index in [4.69, 9.17) is 4.74 Å². The largest absolute Gasteiger partial charge is 0.392 e. The summed E-state index contributed by atoms with van der Waals surface area (Å²) in [6.07, 6.45) is 37.9. The third kappa shape index (κ3) is 11.3. The zero-order valence-corrected chi connectivity index (χ0v) is 63.4. The Morgan fingerprint density at radius 1 is 0.370 bits per heavy atom. The molecule has 16 aliphatic rings. The van der Waals surface area contributed by atoms with E-state index in [1.54, 1.807) is 18.2 Å². The second-order valence-electron chi connectivity index (χ2n) is 35.8. The first-order valence-corrected chi connectivity index (χ1v) is 39.5. The lowest BCUT2D eigenvalue weighted by Gasteiger charge is -2.57. The molecular formula is C90H120O10.